The van der Waals surface area contributed by atoms with Gasteiger partial charge in [0.15, 0.2) is 18.5 Å². The number of hydrogen-bond acceptors (Lipinski definition) is 9. The van der Waals surface area contributed by atoms with Crippen LogP contribution in [0.3, 0.4) is 0 Å². The molecule has 9 heteroatoms. The molecule has 136 valence electrons. The third-order valence-electron chi connectivity index (χ3n) is 3.05. The van der Waals surface area contributed by atoms with E-state index in [1.165, 1.54) is 13.0 Å². The van der Waals surface area contributed by atoms with Crippen LogP contribution in [0.5, 0.6) is 0 Å². The Morgan fingerprint density at radius 2 is 1.67 bits per heavy atom. The standard InChI is InChI=1S/C15H22O9/c1-5-6-20-15-12(19)14(23-10(4)18)13(22-9(3)17)11(24-15)7-21-8(2)16/h5,11-15,19H,1,6-7H2,2-4H3/t11-,12-,13+,14-,15-/m1/s1. The summed E-state index contributed by atoms with van der Waals surface area (Å²) in [5.41, 5.74) is 0. The highest BCUT2D eigenvalue weighted by Crippen LogP contribution is 2.27. The maximum absolute atomic E-state index is 11.3. The molecular weight excluding hydrogens is 324 g/mol. The SMILES string of the molecule is C=CCO[C@@H]1O[C@H](COC(C)=O)[C@H](OC(C)=O)[C@H](OC(C)=O)[C@H]1O. The van der Waals surface area contributed by atoms with Crippen LogP contribution in [0.15, 0.2) is 12.7 Å². The topological polar surface area (TPSA) is 118 Å². The molecule has 1 aliphatic rings. The maximum atomic E-state index is 11.3. The second-order valence-electron chi connectivity index (χ2n) is 5.11. The number of ether oxygens (including phenoxy) is 5. The van der Waals surface area contributed by atoms with Gasteiger partial charge >= 0.3 is 17.9 Å². The molecular formula is C15H22O9. The normalized spacial score (nSPS) is 29.4. The van der Waals surface area contributed by atoms with Crippen LogP contribution in [0.2, 0.25) is 0 Å². The molecule has 1 heterocycles. The molecule has 1 N–H and O–H groups in total. The molecule has 0 amide bonds. The van der Waals surface area contributed by atoms with E-state index in [9.17, 15) is 19.5 Å². The number of aliphatic hydroxyl groups is 1. The average Bonchev–Trinajstić information content (AvgIpc) is 2.48. The summed E-state index contributed by atoms with van der Waals surface area (Å²) in [7, 11) is 0. The van der Waals surface area contributed by atoms with Gasteiger partial charge in [-0.3, -0.25) is 14.4 Å². The molecule has 24 heavy (non-hydrogen) atoms. The minimum atomic E-state index is -1.41. The van der Waals surface area contributed by atoms with Crippen molar-refractivity contribution in [1.82, 2.24) is 0 Å². The van der Waals surface area contributed by atoms with Crippen molar-refractivity contribution in [3.05, 3.63) is 12.7 Å². The highest BCUT2D eigenvalue weighted by atomic mass is 16.7. The van der Waals surface area contributed by atoms with Gasteiger partial charge in [-0.2, -0.15) is 0 Å². The number of esters is 3. The summed E-state index contributed by atoms with van der Waals surface area (Å²) in [6.07, 6.45) is -4.54. The Hall–Kier alpha value is -1.97. The molecule has 0 unspecified atom stereocenters. The van der Waals surface area contributed by atoms with Crippen molar-refractivity contribution in [2.24, 2.45) is 0 Å². The number of carbonyl (C=O) groups is 3. The van der Waals surface area contributed by atoms with E-state index in [1.807, 2.05) is 0 Å². The van der Waals surface area contributed by atoms with Crippen molar-refractivity contribution in [3.63, 3.8) is 0 Å². The fourth-order valence-corrected chi connectivity index (χ4v) is 2.19. The zero-order chi connectivity index (χ0) is 18.3. The second kappa shape index (κ2) is 9.36. The van der Waals surface area contributed by atoms with Crippen molar-refractivity contribution >= 4 is 17.9 Å². The molecule has 1 rings (SSSR count). The Bertz CT molecular complexity index is 476. The predicted octanol–water partition coefficient (Wildman–Crippen LogP) is -0.299. The lowest BCUT2D eigenvalue weighted by Gasteiger charge is -2.42. The lowest BCUT2D eigenvalue weighted by Crippen LogP contribution is -2.61. The van der Waals surface area contributed by atoms with Gasteiger partial charge in [-0.15, -0.1) is 6.58 Å². The first-order valence-corrected chi connectivity index (χ1v) is 7.30. The Kier molecular flexibility index (Phi) is 7.83. The van der Waals surface area contributed by atoms with Crippen LogP contribution in [0.4, 0.5) is 0 Å². The van der Waals surface area contributed by atoms with Gasteiger partial charge in [0.2, 0.25) is 0 Å². The van der Waals surface area contributed by atoms with Crippen LogP contribution in [-0.4, -0.2) is 66.9 Å². The molecule has 0 radical (unpaired) electrons. The molecule has 1 fully saturated rings. The molecule has 9 nitrogen and oxygen atoms in total. The van der Waals surface area contributed by atoms with Crippen molar-refractivity contribution in [3.8, 4) is 0 Å². The Morgan fingerprint density at radius 3 is 2.17 bits per heavy atom. The summed E-state index contributed by atoms with van der Waals surface area (Å²) in [4.78, 5) is 33.7. The maximum Gasteiger partial charge on any atom is 0.303 e. The van der Waals surface area contributed by atoms with Gasteiger partial charge in [0.05, 0.1) is 6.61 Å². The van der Waals surface area contributed by atoms with Crippen molar-refractivity contribution in [2.75, 3.05) is 13.2 Å². The van der Waals surface area contributed by atoms with E-state index >= 15 is 0 Å². The molecule has 0 aromatic rings. The van der Waals surface area contributed by atoms with Crippen LogP contribution >= 0.6 is 0 Å². The summed E-state index contributed by atoms with van der Waals surface area (Å²) >= 11 is 0. The molecule has 0 spiro atoms. The Morgan fingerprint density at radius 1 is 1.08 bits per heavy atom. The van der Waals surface area contributed by atoms with Crippen molar-refractivity contribution in [1.29, 1.82) is 0 Å². The molecule has 0 aliphatic carbocycles. The summed E-state index contributed by atoms with van der Waals surface area (Å²) in [6, 6.07) is 0. The van der Waals surface area contributed by atoms with Crippen LogP contribution in [0.1, 0.15) is 20.8 Å². The smallest absolute Gasteiger partial charge is 0.303 e. The third-order valence-corrected chi connectivity index (χ3v) is 3.05. The number of hydrogen-bond donors (Lipinski definition) is 1. The van der Waals surface area contributed by atoms with Gasteiger partial charge < -0.3 is 28.8 Å². The van der Waals surface area contributed by atoms with Crippen molar-refractivity contribution < 1.29 is 43.2 Å². The van der Waals surface area contributed by atoms with Gasteiger partial charge in [0.25, 0.3) is 0 Å². The summed E-state index contributed by atoms with van der Waals surface area (Å²) in [6.45, 7) is 6.78. The fourth-order valence-electron chi connectivity index (χ4n) is 2.19. The van der Waals surface area contributed by atoms with E-state index in [0.29, 0.717) is 0 Å². The molecule has 0 aromatic carbocycles. The molecule has 5 atom stereocenters. The predicted molar refractivity (Wildman–Crippen MR) is 78.6 cm³/mol. The van der Waals surface area contributed by atoms with Gasteiger partial charge in [0.1, 0.15) is 18.8 Å². The van der Waals surface area contributed by atoms with Crippen LogP contribution in [0.25, 0.3) is 0 Å². The quantitative estimate of drug-likeness (QED) is 0.376. The molecule has 0 saturated carbocycles. The minimum Gasteiger partial charge on any atom is -0.463 e. The van der Waals surface area contributed by atoms with E-state index in [0.717, 1.165) is 13.8 Å². The second-order valence-corrected chi connectivity index (χ2v) is 5.11. The zero-order valence-corrected chi connectivity index (χ0v) is 13.8. The minimum absolute atomic E-state index is 0.0625. The van der Waals surface area contributed by atoms with Gasteiger partial charge in [-0.25, -0.2) is 0 Å². The van der Waals surface area contributed by atoms with Gasteiger partial charge in [-0.05, 0) is 0 Å². The van der Waals surface area contributed by atoms with E-state index in [-0.39, 0.29) is 13.2 Å². The number of rotatable bonds is 7. The van der Waals surface area contributed by atoms with E-state index in [2.05, 4.69) is 6.58 Å². The van der Waals surface area contributed by atoms with Gasteiger partial charge in [-0.1, -0.05) is 6.08 Å². The number of aliphatic hydroxyl groups excluding tert-OH is 1. The molecule has 1 aliphatic heterocycles. The van der Waals surface area contributed by atoms with Gasteiger partial charge in [0, 0.05) is 20.8 Å². The average molecular weight is 346 g/mol. The van der Waals surface area contributed by atoms with E-state index in [4.69, 9.17) is 23.7 Å². The molecule has 1 saturated heterocycles. The molecule has 0 bridgehead atoms. The lowest BCUT2D eigenvalue weighted by atomic mass is 9.98. The highest BCUT2D eigenvalue weighted by Gasteiger charge is 2.50. The Balaban J connectivity index is 3.03. The largest absolute Gasteiger partial charge is 0.463 e. The van der Waals surface area contributed by atoms with Crippen LogP contribution < -0.4 is 0 Å². The number of carbonyl (C=O) groups excluding carboxylic acids is 3. The summed E-state index contributed by atoms with van der Waals surface area (Å²) < 4.78 is 25.9. The van der Waals surface area contributed by atoms with E-state index < -0.39 is 48.6 Å². The molecule has 0 aromatic heterocycles. The zero-order valence-electron chi connectivity index (χ0n) is 13.8. The highest BCUT2D eigenvalue weighted by molar-refractivity contribution is 5.67. The first-order chi connectivity index (χ1) is 11.3. The summed E-state index contributed by atoms with van der Waals surface area (Å²) in [5, 5.41) is 10.3. The first-order valence-electron chi connectivity index (χ1n) is 7.30. The van der Waals surface area contributed by atoms with Crippen LogP contribution in [0, 0.1) is 0 Å². The van der Waals surface area contributed by atoms with E-state index in [1.54, 1.807) is 0 Å². The summed E-state index contributed by atoms with van der Waals surface area (Å²) in [5.74, 6) is -1.93. The van der Waals surface area contributed by atoms with Crippen molar-refractivity contribution in [2.45, 2.75) is 51.5 Å². The lowest BCUT2D eigenvalue weighted by molar-refractivity contribution is -0.303. The van der Waals surface area contributed by atoms with Crippen LogP contribution in [-0.2, 0) is 38.1 Å². The fraction of sp³-hybridized carbons (Fsp3) is 0.667. The Labute approximate surface area is 139 Å². The third kappa shape index (κ3) is 5.91. The first kappa shape index (κ1) is 20.1. The monoisotopic (exact) mass is 346 g/mol.